The monoisotopic (exact) mass is 265 g/mol. The van der Waals surface area contributed by atoms with Crippen molar-refractivity contribution in [2.75, 3.05) is 26.3 Å². The van der Waals surface area contributed by atoms with Crippen molar-refractivity contribution >= 4 is 0 Å². The number of aryl methyl sites for hydroxylation is 1. The second kappa shape index (κ2) is 6.49. The van der Waals surface area contributed by atoms with Gasteiger partial charge in [-0.2, -0.15) is 0 Å². The molecular weight excluding hydrogens is 241 g/mol. The van der Waals surface area contributed by atoms with E-state index in [0.29, 0.717) is 0 Å². The molecule has 3 heteroatoms. The molecule has 1 aliphatic rings. The fourth-order valence-electron chi connectivity index (χ4n) is 2.87. The number of halogens is 1. The SMILES string of the molecule is CCNCC1(Cc2ccc(F)cc2C)CCOCC1. The van der Waals surface area contributed by atoms with Crippen molar-refractivity contribution in [2.24, 2.45) is 5.41 Å². The second-order valence-electron chi connectivity index (χ2n) is 5.64. The quantitative estimate of drug-likeness (QED) is 0.883. The Hall–Kier alpha value is -0.930. The summed E-state index contributed by atoms with van der Waals surface area (Å²) >= 11 is 0. The van der Waals surface area contributed by atoms with E-state index in [2.05, 4.69) is 12.2 Å². The van der Waals surface area contributed by atoms with Crippen LogP contribution in [-0.4, -0.2) is 26.3 Å². The molecule has 1 aromatic rings. The van der Waals surface area contributed by atoms with Crippen molar-refractivity contribution < 1.29 is 9.13 Å². The van der Waals surface area contributed by atoms with Crippen LogP contribution in [0, 0.1) is 18.2 Å². The molecule has 19 heavy (non-hydrogen) atoms. The van der Waals surface area contributed by atoms with Crippen molar-refractivity contribution in [3.63, 3.8) is 0 Å². The summed E-state index contributed by atoms with van der Waals surface area (Å²) in [7, 11) is 0. The Balaban J connectivity index is 2.14. The van der Waals surface area contributed by atoms with Crippen molar-refractivity contribution in [3.05, 3.63) is 35.1 Å². The molecule has 106 valence electrons. The van der Waals surface area contributed by atoms with Gasteiger partial charge in [0.2, 0.25) is 0 Å². The summed E-state index contributed by atoms with van der Waals surface area (Å²) in [5.74, 6) is -0.144. The fraction of sp³-hybridized carbons (Fsp3) is 0.625. The minimum atomic E-state index is -0.144. The first kappa shape index (κ1) is 14.5. The highest BCUT2D eigenvalue weighted by Crippen LogP contribution is 2.34. The Labute approximate surface area is 115 Å². The zero-order valence-electron chi connectivity index (χ0n) is 12.0. The van der Waals surface area contributed by atoms with Gasteiger partial charge in [-0.3, -0.25) is 0 Å². The Morgan fingerprint density at radius 3 is 2.68 bits per heavy atom. The molecule has 1 aliphatic heterocycles. The van der Waals surface area contributed by atoms with Crippen LogP contribution < -0.4 is 5.32 Å². The van der Waals surface area contributed by atoms with Crippen molar-refractivity contribution in [1.29, 1.82) is 0 Å². The Morgan fingerprint density at radius 2 is 2.05 bits per heavy atom. The van der Waals surface area contributed by atoms with E-state index in [9.17, 15) is 4.39 Å². The van der Waals surface area contributed by atoms with Crippen LogP contribution in [-0.2, 0) is 11.2 Å². The van der Waals surface area contributed by atoms with Gasteiger partial charge >= 0.3 is 0 Å². The average Bonchev–Trinajstić information content (AvgIpc) is 2.41. The maximum absolute atomic E-state index is 13.2. The van der Waals surface area contributed by atoms with E-state index in [1.807, 2.05) is 13.0 Å². The topological polar surface area (TPSA) is 21.3 Å². The van der Waals surface area contributed by atoms with Crippen LogP contribution in [0.4, 0.5) is 4.39 Å². The molecule has 1 N–H and O–H groups in total. The van der Waals surface area contributed by atoms with Gasteiger partial charge in [0, 0.05) is 19.8 Å². The summed E-state index contributed by atoms with van der Waals surface area (Å²) in [6.45, 7) is 7.82. The number of rotatable bonds is 5. The largest absolute Gasteiger partial charge is 0.381 e. The summed E-state index contributed by atoms with van der Waals surface area (Å²) in [4.78, 5) is 0. The van der Waals surface area contributed by atoms with E-state index in [0.717, 1.165) is 51.1 Å². The third kappa shape index (κ3) is 3.77. The van der Waals surface area contributed by atoms with Gasteiger partial charge in [0.05, 0.1) is 0 Å². The molecule has 0 amide bonds. The Kier molecular flexibility index (Phi) is 4.94. The molecule has 0 atom stereocenters. The molecule has 0 radical (unpaired) electrons. The van der Waals surface area contributed by atoms with Crippen molar-refractivity contribution in [3.8, 4) is 0 Å². The summed E-state index contributed by atoms with van der Waals surface area (Å²) in [6.07, 6.45) is 3.17. The van der Waals surface area contributed by atoms with E-state index >= 15 is 0 Å². The fourth-order valence-corrected chi connectivity index (χ4v) is 2.87. The first-order valence-electron chi connectivity index (χ1n) is 7.19. The highest BCUT2D eigenvalue weighted by atomic mass is 19.1. The van der Waals surface area contributed by atoms with Crippen LogP contribution >= 0.6 is 0 Å². The maximum Gasteiger partial charge on any atom is 0.123 e. The molecule has 1 aromatic carbocycles. The number of nitrogens with one attached hydrogen (secondary N) is 1. The molecule has 0 spiro atoms. The molecule has 1 fully saturated rings. The van der Waals surface area contributed by atoms with Gasteiger partial charge in [0.1, 0.15) is 5.82 Å². The second-order valence-corrected chi connectivity index (χ2v) is 5.64. The van der Waals surface area contributed by atoms with Crippen LogP contribution in [0.3, 0.4) is 0 Å². The van der Waals surface area contributed by atoms with E-state index in [1.165, 1.54) is 5.56 Å². The zero-order valence-corrected chi connectivity index (χ0v) is 12.0. The van der Waals surface area contributed by atoms with E-state index < -0.39 is 0 Å². The van der Waals surface area contributed by atoms with Crippen LogP contribution in [0.25, 0.3) is 0 Å². The average molecular weight is 265 g/mol. The van der Waals surface area contributed by atoms with Gasteiger partial charge in [-0.05, 0) is 61.4 Å². The van der Waals surface area contributed by atoms with Gasteiger partial charge < -0.3 is 10.1 Å². The zero-order chi connectivity index (χ0) is 13.7. The van der Waals surface area contributed by atoms with Crippen molar-refractivity contribution in [2.45, 2.75) is 33.1 Å². The first-order valence-corrected chi connectivity index (χ1v) is 7.19. The molecule has 0 bridgehead atoms. The highest BCUT2D eigenvalue weighted by molar-refractivity contribution is 5.28. The van der Waals surface area contributed by atoms with Gasteiger partial charge in [0.25, 0.3) is 0 Å². The van der Waals surface area contributed by atoms with Crippen molar-refractivity contribution in [1.82, 2.24) is 5.32 Å². The molecule has 1 heterocycles. The normalized spacial score (nSPS) is 18.5. The summed E-state index contributed by atoms with van der Waals surface area (Å²) in [5.41, 5.74) is 2.58. The lowest BCUT2D eigenvalue weighted by Crippen LogP contribution is -2.41. The number of hydrogen-bond acceptors (Lipinski definition) is 2. The lowest BCUT2D eigenvalue weighted by molar-refractivity contribution is 0.0151. The predicted molar refractivity (Wildman–Crippen MR) is 75.9 cm³/mol. The molecular formula is C16H24FNO. The van der Waals surface area contributed by atoms with Gasteiger partial charge in [-0.1, -0.05) is 13.0 Å². The number of benzene rings is 1. The minimum Gasteiger partial charge on any atom is -0.381 e. The Morgan fingerprint density at radius 1 is 1.32 bits per heavy atom. The maximum atomic E-state index is 13.2. The third-order valence-corrected chi connectivity index (χ3v) is 4.17. The standard InChI is InChI=1S/C16H24FNO/c1-3-18-12-16(6-8-19-9-7-16)11-14-4-5-15(17)10-13(14)2/h4-5,10,18H,3,6-9,11-12H2,1-2H3. The molecule has 0 saturated carbocycles. The lowest BCUT2D eigenvalue weighted by atomic mass is 9.74. The molecule has 0 unspecified atom stereocenters. The van der Waals surface area contributed by atoms with Crippen LogP contribution in [0.1, 0.15) is 30.9 Å². The van der Waals surface area contributed by atoms with Gasteiger partial charge in [0.15, 0.2) is 0 Å². The number of ether oxygens (including phenoxy) is 1. The molecule has 2 rings (SSSR count). The van der Waals surface area contributed by atoms with Crippen LogP contribution in [0.2, 0.25) is 0 Å². The summed E-state index contributed by atoms with van der Waals surface area (Å²) in [6, 6.07) is 5.14. The van der Waals surface area contributed by atoms with Gasteiger partial charge in [-0.25, -0.2) is 4.39 Å². The third-order valence-electron chi connectivity index (χ3n) is 4.17. The van der Waals surface area contributed by atoms with Crippen LogP contribution in [0.5, 0.6) is 0 Å². The number of hydrogen-bond donors (Lipinski definition) is 1. The van der Waals surface area contributed by atoms with E-state index in [1.54, 1.807) is 12.1 Å². The molecule has 2 nitrogen and oxygen atoms in total. The smallest absolute Gasteiger partial charge is 0.123 e. The van der Waals surface area contributed by atoms with E-state index in [-0.39, 0.29) is 11.2 Å². The molecule has 0 aliphatic carbocycles. The lowest BCUT2D eigenvalue weighted by Gasteiger charge is -2.38. The van der Waals surface area contributed by atoms with E-state index in [4.69, 9.17) is 4.74 Å². The van der Waals surface area contributed by atoms with Crippen LogP contribution in [0.15, 0.2) is 18.2 Å². The van der Waals surface area contributed by atoms with Gasteiger partial charge in [-0.15, -0.1) is 0 Å². The predicted octanol–water partition coefficient (Wildman–Crippen LogP) is 3.08. The minimum absolute atomic E-state index is 0.144. The molecule has 1 saturated heterocycles. The summed E-state index contributed by atoms with van der Waals surface area (Å²) < 4.78 is 18.7. The Bertz CT molecular complexity index is 413. The summed E-state index contributed by atoms with van der Waals surface area (Å²) in [5, 5.41) is 3.48. The first-order chi connectivity index (χ1) is 9.15. The molecule has 0 aromatic heterocycles. The highest BCUT2D eigenvalue weighted by Gasteiger charge is 2.32.